The van der Waals surface area contributed by atoms with E-state index in [-0.39, 0.29) is 12.1 Å². The lowest BCUT2D eigenvalue weighted by molar-refractivity contribution is -0.137. The van der Waals surface area contributed by atoms with Gasteiger partial charge in [0, 0.05) is 5.54 Å². The molecule has 1 aliphatic heterocycles. The van der Waals surface area contributed by atoms with Gasteiger partial charge in [0.05, 0.1) is 29.5 Å². The molecule has 1 unspecified atom stereocenters. The zero-order chi connectivity index (χ0) is 24.9. The Labute approximate surface area is 196 Å². The number of halogens is 5. The number of carbonyl (C=O) groups is 1. The normalized spacial score (nSPS) is 25.8. The minimum atomic E-state index is -4.93. The molecule has 2 amide bonds. The first-order chi connectivity index (χ1) is 15.8. The fourth-order valence-electron chi connectivity index (χ4n) is 5.14. The largest absolute Gasteiger partial charge is 0.418 e. The summed E-state index contributed by atoms with van der Waals surface area (Å²) in [4.78, 5) is 19.5. The average Bonchev–Trinajstić information content (AvgIpc) is 3.09. The molecular formula is C23H26F5N4OP. The quantitative estimate of drug-likeness (QED) is 0.457. The molecule has 2 fully saturated rings. The second-order valence-corrected chi connectivity index (χ2v) is 10.0. The van der Waals surface area contributed by atoms with Crippen molar-refractivity contribution in [3.8, 4) is 0 Å². The van der Waals surface area contributed by atoms with Crippen LogP contribution in [0.2, 0.25) is 0 Å². The summed E-state index contributed by atoms with van der Waals surface area (Å²) in [5.74, 6) is 0. The molecule has 1 saturated heterocycles. The van der Waals surface area contributed by atoms with Crippen LogP contribution in [0.1, 0.15) is 42.5 Å². The van der Waals surface area contributed by atoms with Crippen molar-refractivity contribution in [2.45, 2.75) is 48.6 Å². The van der Waals surface area contributed by atoms with E-state index in [2.05, 4.69) is 27.3 Å². The van der Waals surface area contributed by atoms with E-state index < -0.39 is 40.4 Å². The molecule has 2 aromatic rings. The molecule has 4 rings (SSSR count). The summed E-state index contributed by atoms with van der Waals surface area (Å²) < 4.78 is 68.5. The molecule has 11 heteroatoms. The summed E-state index contributed by atoms with van der Waals surface area (Å²) in [6, 6.07) is 9.62. The van der Waals surface area contributed by atoms with Gasteiger partial charge >= 0.3 is 12.2 Å². The summed E-state index contributed by atoms with van der Waals surface area (Å²) >= 11 is 0. The van der Waals surface area contributed by atoms with Gasteiger partial charge in [0.2, 0.25) is 0 Å². The van der Waals surface area contributed by atoms with E-state index in [1.165, 1.54) is 9.24 Å². The molecule has 1 saturated carbocycles. The predicted molar refractivity (Wildman–Crippen MR) is 122 cm³/mol. The van der Waals surface area contributed by atoms with Gasteiger partial charge in [-0.25, -0.2) is 4.79 Å². The number of aromatic nitrogens is 1. The Balaban J connectivity index is 1.62. The van der Waals surface area contributed by atoms with Crippen molar-refractivity contribution in [2.75, 3.05) is 25.5 Å². The van der Waals surface area contributed by atoms with Crippen molar-refractivity contribution >= 4 is 21.0 Å². The number of carbonyl (C=O) groups excluding carboxylic acids is 1. The molecule has 1 aromatic carbocycles. The second kappa shape index (κ2) is 8.41. The number of urea groups is 1. The van der Waals surface area contributed by atoms with Crippen molar-refractivity contribution < 1.29 is 26.7 Å². The van der Waals surface area contributed by atoms with Gasteiger partial charge in [0.15, 0.2) is 0 Å². The number of benzene rings is 1. The third-order valence-corrected chi connectivity index (χ3v) is 7.40. The minimum absolute atomic E-state index is 0.00546. The first-order valence-corrected chi connectivity index (χ1v) is 11.4. The van der Waals surface area contributed by atoms with Crippen LogP contribution >= 0.6 is 9.24 Å². The number of anilines is 1. The standard InChI is InChI=1S/C23H26F5N4OP/c1-31(2)21(15-6-4-3-5-7-15)10-8-20(9-11-21)14-32(19(33)30-20)17-13-29-18(23(27,28)34)12-16(17)22(24,25)26/h3-7,12-13H,8-11,14,34H2,1-2H3,(H,30,33). The van der Waals surface area contributed by atoms with E-state index in [4.69, 9.17) is 0 Å². The van der Waals surface area contributed by atoms with Gasteiger partial charge in [-0.15, -0.1) is 0 Å². The Morgan fingerprint density at radius 1 is 1.06 bits per heavy atom. The molecule has 0 bridgehead atoms. The Kier molecular flexibility index (Phi) is 6.13. The minimum Gasteiger partial charge on any atom is -0.330 e. The Morgan fingerprint density at radius 2 is 1.68 bits per heavy atom. The van der Waals surface area contributed by atoms with E-state index in [0.717, 1.165) is 10.5 Å². The van der Waals surface area contributed by atoms with Gasteiger partial charge in [0.25, 0.3) is 5.66 Å². The maximum absolute atomic E-state index is 13.8. The van der Waals surface area contributed by atoms with Crippen LogP contribution in [0.15, 0.2) is 42.6 Å². The lowest BCUT2D eigenvalue weighted by Gasteiger charge is -2.48. The van der Waals surface area contributed by atoms with Crippen molar-refractivity contribution in [2.24, 2.45) is 0 Å². The lowest BCUT2D eigenvalue weighted by atomic mass is 9.69. The van der Waals surface area contributed by atoms with E-state index in [1.807, 2.05) is 32.3 Å². The van der Waals surface area contributed by atoms with Crippen LogP contribution in [0.25, 0.3) is 0 Å². The number of nitrogens with zero attached hydrogens (tertiary/aromatic N) is 3. The summed E-state index contributed by atoms with van der Waals surface area (Å²) in [6.07, 6.45) is -1.72. The van der Waals surface area contributed by atoms with Crippen LogP contribution in [0, 0.1) is 0 Å². The maximum atomic E-state index is 13.8. The van der Waals surface area contributed by atoms with Crippen molar-refractivity contribution in [1.29, 1.82) is 0 Å². The molecular weight excluding hydrogens is 474 g/mol. The Hall–Kier alpha value is -2.32. The zero-order valence-electron chi connectivity index (χ0n) is 18.8. The van der Waals surface area contributed by atoms with E-state index >= 15 is 0 Å². The fourth-order valence-corrected chi connectivity index (χ4v) is 5.30. The van der Waals surface area contributed by atoms with Crippen LogP contribution in [0.5, 0.6) is 0 Å². The first kappa shape index (κ1) is 24.8. The molecule has 2 heterocycles. The van der Waals surface area contributed by atoms with Crippen LogP contribution < -0.4 is 10.2 Å². The van der Waals surface area contributed by atoms with Crippen molar-refractivity contribution in [3.05, 3.63) is 59.4 Å². The molecule has 34 heavy (non-hydrogen) atoms. The summed E-state index contributed by atoms with van der Waals surface area (Å²) in [5, 5.41) is 2.89. The topological polar surface area (TPSA) is 48.5 Å². The van der Waals surface area contributed by atoms with Crippen LogP contribution in [-0.4, -0.2) is 42.1 Å². The maximum Gasteiger partial charge on any atom is 0.418 e. The van der Waals surface area contributed by atoms with E-state index in [0.29, 0.717) is 37.9 Å². The number of rotatable bonds is 4. The highest BCUT2D eigenvalue weighted by Gasteiger charge is 2.51. The molecule has 1 aromatic heterocycles. The second-order valence-electron chi connectivity index (χ2n) is 9.30. The van der Waals surface area contributed by atoms with Gasteiger partial charge in [-0.05, 0) is 51.4 Å². The van der Waals surface area contributed by atoms with E-state index in [9.17, 15) is 26.7 Å². The third-order valence-electron chi connectivity index (χ3n) is 7.10. The molecule has 1 aliphatic carbocycles. The first-order valence-electron chi connectivity index (χ1n) is 10.8. The molecule has 0 radical (unpaired) electrons. The Morgan fingerprint density at radius 3 is 2.21 bits per heavy atom. The zero-order valence-corrected chi connectivity index (χ0v) is 19.9. The average molecular weight is 500 g/mol. The van der Waals surface area contributed by atoms with Crippen molar-refractivity contribution in [1.82, 2.24) is 15.2 Å². The molecule has 1 N–H and O–H groups in total. The molecule has 1 spiro atoms. The van der Waals surface area contributed by atoms with Crippen molar-refractivity contribution in [3.63, 3.8) is 0 Å². The van der Waals surface area contributed by atoms with Gasteiger partial charge in [-0.3, -0.25) is 14.8 Å². The van der Waals surface area contributed by atoms with Crippen LogP contribution in [0.3, 0.4) is 0 Å². The SMILES string of the molecule is CN(C)C1(c2ccccc2)CCC2(CC1)CN(c1cnc(C(F)(F)P)cc1C(F)(F)F)C(=O)N2. The lowest BCUT2D eigenvalue weighted by Crippen LogP contribution is -2.54. The highest BCUT2D eigenvalue weighted by Crippen LogP contribution is 2.48. The fraction of sp³-hybridized carbons (Fsp3) is 0.478. The number of amides is 2. The summed E-state index contributed by atoms with van der Waals surface area (Å²) in [5.41, 5.74) is -6.30. The molecule has 1 atom stereocenters. The number of pyridine rings is 1. The third kappa shape index (κ3) is 4.38. The highest BCUT2D eigenvalue weighted by atomic mass is 31.0. The number of nitrogens with one attached hydrogen (secondary N) is 1. The summed E-state index contributed by atoms with van der Waals surface area (Å²) in [7, 11) is 5.17. The molecule has 184 valence electrons. The van der Waals surface area contributed by atoms with E-state index in [1.54, 1.807) is 0 Å². The number of alkyl halides is 5. The van der Waals surface area contributed by atoms with Crippen LogP contribution in [0.4, 0.5) is 32.4 Å². The van der Waals surface area contributed by atoms with Gasteiger partial charge in [-0.1, -0.05) is 39.6 Å². The Bertz CT molecular complexity index is 1060. The number of hydrogen-bond acceptors (Lipinski definition) is 3. The summed E-state index contributed by atoms with van der Waals surface area (Å²) in [6.45, 7) is 0.00546. The smallest absolute Gasteiger partial charge is 0.330 e. The monoisotopic (exact) mass is 500 g/mol. The van der Waals surface area contributed by atoms with Gasteiger partial charge < -0.3 is 5.32 Å². The molecule has 2 aliphatic rings. The van der Waals surface area contributed by atoms with Gasteiger partial charge in [-0.2, -0.15) is 22.0 Å². The number of hydrogen-bond donors (Lipinski definition) is 1. The molecule has 5 nitrogen and oxygen atoms in total. The van der Waals surface area contributed by atoms with Crippen LogP contribution in [-0.2, 0) is 17.4 Å². The predicted octanol–water partition coefficient (Wildman–Crippen LogP) is 5.32. The highest BCUT2D eigenvalue weighted by molar-refractivity contribution is 7.17. The van der Waals surface area contributed by atoms with Gasteiger partial charge in [0.1, 0.15) is 5.69 Å².